The van der Waals surface area contributed by atoms with Crippen molar-refractivity contribution in [2.45, 2.75) is 26.3 Å². The number of hydrogen-bond acceptors (Lipinski definition) is 4. The van der Waals surface area contributed by atoms with Crippen molar-refractivity contribution in [2.24, 2.45) is 5.73 Å². The van der Waals surface area contributed by atoms with Crippen LogP contribution in [0.2, 0.25) is 0 Å². The van der Waals surface area contributed by atoms with Gasteiger partial charge in [0.15, 0.2) is 0 Å². The van der Waals surface area contributed by atoms with Crippen LogP contribution >= 0.6 is 23.5 Å². The molecule has 31 heavy (non-hydrogen) atoms. The second-order valence-electron chi connectivity index (χ2n) is 7.14. The van der Waals surface area contributed by atoms with Crippen molar-refractivity contribution in [2.75, 3.05) is 19.4 Å². The van der Waals surface area contributed by atoms with Gasteiger partial charge < -0.3 is 24.5 Å². The molecule has 0 fully saturated rings. The highest BCUT2D eigenvalue weighted by atomic mass is 79.9. The van der Waals surface area contributed by atoms with Gasteiger partial charge in [0.1, 0.15) is 5.75 Å². The van der Waals surface area contributed by atoms with Gasteiger partial charge in [0.05, 0.1) is 30.4 Å². The first kappa shape index (κ1) is 23.5. The first-order chi connectivity index (χ1) is 14.8. The predicted octanol–water partition coefficient (Wildman–Crippen LogP) is 4.47. The number of nitrogens with zero attached hydrogens (tertiary/aromatic N) is 1. The fraction of sp³-hybridized carbons (Fsp3) is 0.318. The van der Waals surface area contributed by atoms with Gasteiger partial charge in [-0.1, -0.05) is 30.3 Å². The first-order valence-corrected chi connectivity index (χ1v) is 12.6. The Morgan fingerprint density at radius 2 is 1.97 bits per heavy atom. The van der Waals surface area contributed by atoms with E-state index in [1.54, 1.807) is 6.92 Å². The monoisotopic (exact) mass is 508 g/mol. The number of hydrogen-bond donors (Lipinski definition) is 2. The highest BCUT2D eigenvalue weighted by Gasteiger charge is 2.19. The molecule has 1 aromatic heterocycles. The van der Waals surface area contributed by atoms with E-state index in [0.29, 0.717) is 18.7 Å². The van der Waals surface area contributed by atoms with Crippen molar-refractivity contribution in [1.82, 2.24) is 4.57 Å². The van der Waals surface area contributed by atoms with E-state index >= 15 is 0 Å². The van der Waals surface area contributed by atoms with Crippen LogP contribution in [0, 0.1) is 0 Å². The number of fused-ring (bicyclic) bond motifs is 1. The molecule has 3 rings (SSSR count). The molecule has 1 atom stereocenters. The molecule has 3 N–H and O–H groups in total. The fourth-order valence-corrected chi connectivity index (χ4v) is 5.18. The van der Waals surface area contributed by atoms with Crippen molar-refractivity contribution in [3.63, 3.8) is 0 Å². The smallest absolute Gasteiger partial charge is 0.328 e. The molecular weight excluding hydrogens is 483 g/mol. The molecule has 0 aliphatic carbocycles. The second-order valence-corrected chi connectivity index (χ2v) is 9.88. The minimum Gasteiger partial charge on any atom is -0.494 e. The summed E-state index contributed by atoms with van der Waals surface area (Å²) in [7, 11) is -3.55. The third-order valence-electron chi connectivity index (χ3n) is 4.79. The van der Waals surface area contributed by atoms with E-state index < -0.39 is 13.5 Å². The molecule has 1 amide bonds. The normalized spacial score (nSPS) is 13.3. The van der Waals surface area contributed by atoms with E-state index in [-0.39, 0.29) is 25.8 Å². The third kappa shape index (κ3) is 6.20. The summed E-state index contributed by atoms with van der Waals surface area (Å²) < 4.78 is 25.3. The summed E-state index contributed by atoms with van der Waals surface area (Å²) in [5.41, 5.74) is 8.38. The van der Waals surface area contributed by atoms with Gasteiger partial charge in [0, 0.05) is 23.0 Å². The van der Waals surface area contributed by atoms with Gasteiger partial charge in [0.25, 0.3) is 0 Å². The molecule has 166 valence electrons. The average Bonchev–Trinajstić information content (AvgIpc) is 2.97. The number of carbonyl (C=O) groups excluding carboxylic acids is 1. The van der Waals surface area contributed by atoms with E-state index in [9.17, 15) is 14.3 Å². The molecule has 0 saturated carbocycles. The summed E-state index contributed by atoms with van der Waals surface area (Å²) in [6, 6.07) is 15.7. The van der Waals surface area contributed by atoms with E-state index in [0.717, 1.165) is 26.6 Å². The van der Waals surface area contributed by atoms with Crippen LogP contribution in [0.4, 0.5) is 0 Å². The zero-order chi connectivity index (χ0) is 22.4. The lowest BCUT2D eigenvalue weighted by Crippen LogP contribution is -2.14. The molecule has 1 unspecified atom stereocenters. The standard InChI is InChI=1S/C22H26BrN2O5P/c1-2-30-31(27,28)12-6-11-29-17-9-10-20-18(13-17)19(14-21(24)26)22(23)25(20)15-16-7-4-3-5-8-16/h3-5,7-10,13H,2,6,11-12,14-15H2,1H3,(H2,24,26)(H,27,28). The molecule has 3 aromatic rings. The van der Waals surface area contributed by atoms with Crippen LogP contribution < -0.4 is 10.5 Å². The lowest BCUT2D eigenvalue weighted by molar-refractivity contribution is -0.117. The number of nitrogens with two attached hydrogens (primary N) is 1. The summed E-state index contributed by atoms with van der Waals surface area (Å²) in [4.78, 5) is 21.3. The largest absolute Gasteiger partial charge is 0.494 e. The van der Waals surface area contributed by atoms with Crippen molar-refractivity contribution < 1.29 is 23.5 Å². The topological polar surface area (TPSA) is 104 Å². The average molecular weight is 509 g/mol. The summed E-state index contributed by atoms with van der Waals surface area (Å²) in [6.07, 6.45) is 0.526. The number of primary amides is 1. The SMILES string of the molecule is CCOP(=O)(O)CCCOc1ccc2c(c1)c(CC(N)=O)c(Br)n2Cc1ccccc1. The molecule has 0 aliphatic heterocycles. The molecule has 0 aliphatic rings. The minimum atomic E-state index is -3.55. The summed E-state index contributed by atoms with van der Waals surface area (Å²) >= 11 is 3.65. The van der Waals surface area contributed by atoms with Crippen LogP contribution in [0.5, 0.6) is 5.75 Å². The Morgan fingerprint density at radius 3 is 2.65 bits per heavy atom. The zero-order valence-electron chi connectivity index (χ0n) is 17.3. The second kappa shape index (κ2) is 10.5. The maximum Gasteiger partial charge on any atom is 0.328 e. The number of amides is 1. The summed E-state index contributed by atoms with van der Waals surface area (Å²) in [6.45, 7) is 2.80. The van der Waals surface area contributed by atoms with Crippen molar-refractivity contribution in [1.29, 1.82) is 0 Å². The van der Waals surface area contributed by atoms with E-state index in [1.807, 2.05) is 48.5 Å². The highest BCUT2D eigenvalue weighted by Crippen LogP contribution is 2.42. The number of carbonyl (C=O) groups is 1. The van der Waals surface area contributed by atoms with Crippen molar-refractivity contribution in [3.8, 4) is 5.75 Å². The molecule has 0 bridgehead atoms. The van der Waals surface area contributed by atoms with Gasteiger partial charge >= 0.3 is 7.60 Å². The highest BCUT2D eigenvalue weighted by molar-refractivity contribution is 9.10. The fourth-order valence-electron chi connectivity index (χ4n) is 3.45. The van der Waals surface area contributed by atoms with Gasteiger partial charge in [0.2, 0.25) is 5.91 Å². The number of aromatic nitrogens is 1. The molecular formula is C22H26BrN2O5P. The summed E-state index contributed by atoms with van der Waals surface area (Å²) in [5, 5.41) is 0.876. The minimum absolute atomic E-state index is 0.0367. The van der Waals surface area contributed by atoms with Crippen molar-refractivity contribution >= 4 is 40.3 Å². The summed E-state index contributed by atoms with van der Waals surface area (Å²) in [5.74, 6) is 0.201. The van der Waals surface area contributed by atoms with Crippen LogP contribution in [0.1, 0.15) is 24.5 Å². The zero-order valence-corrected chi connectivity index (χ0v) is 19.8. The number of rotatable bonds is 11. The molecule has 0 spiro atoms. The Bertz CT molecular complexity index is 1100. The van der Waals surface area contributed by atoms with Crippen LogP contribution in [0.15, 0.2) is 53.1 Å². The maximum atomic E-state index is 11.8. The van der Waals surface area contributed by atoms with Gasteiger partial charge in [-0.2, -0.15) is 0 Å². The number of ether oxygens (including phenoxy) is 1. The van der Waals surface area contributed by atoms with Crippen LogP contribution in [0.25, 0.3) is 10.9 Å². The Hall–Kier alpha value is -2.12. The van der Waals surface area contributed by atoms with E-state index in [1.165, 1.54) is 0 Å². The molecule has 7 nitrogen and oxygen atoms in total. The first-order valence-electron chi connectivity index (χ1n) is 10.0. The quantitative estimate of drug-likeness (QED) is 0.293. The van der Waals surface area contributed by atoms with E-state index in [4.69, 9.17) is 15.0 Å². The lowest BCUT2D eigenvalue weighted by Gasteiger charge is -2.11. The maximum absolute atomic E-state index is 11.8. The third-order valence-corrected chi connectivity index (χ3v) is 7.24. The molecule has 9 heteroatoms. The molecule has 1 heterocycles. The molecule has 0 radical (unpaired) electrons. The number of halogens is 1. The Morgan fingerprint density at radius 1 is 1.23 bits per heavy atom. The number of benzene rings is 2. The lowest BCUT2D eigenvalue weighted by atomic mass is 10.1. The molecule has 2 aromatic carbocycles. The Balaban J connectivity index is 1.83. The van der Waals surface area contributed by atoms with Crippen LogP contribution in [-0.4, -0.2) is 34.7 Å². The Labute approximate surface area is 189 Å². The molecule has 0 saturated heterocycles. The van der Waals surface area contributed by atoms with Gasteiger partial charge in [-0.3, -0.25) is 9.36 Å². The van der Waals surface area contributed by atoms with Gasteiger partial charge in [-0.15, -0.1) is 0 Å². The van der Waals surface area contributed by atoms with Gasteiger partial charge in [-0.05, 0) is 53.0 Å². The van der Waals surface area contributed by atoms with Crippen LogP contribution in [0.3, 0.4) is 0 Å². The van der Waals surface area contributed by atoms with E-state index in [2.05, 4.69) is 20.5 Å². The van der Waals surface area contributed by atoms with Crippen molar-refractivity contribution in [3.05, 3.63) is 64.3 Å². The van der Waals surface area contributed by atoms with Crippen LogP contribution in [-0.2, 0) is 26.8 Å². The Kier molecular flexibility index (Phi) is 7.94. The van der Waals surface area contributed by atoms with Gasteiger partial charge in [-0.25, -0.2) is 0 Å². The predicted molar refractivity (Wildman–Crippen MR) is 125 cm³/mol.